The summed E-state index contributed by atoms with van der Waals surface area (Å²) in [6.07, 6.45) is 0. The smallest absolute Gasteiger partial charge is 0.396 e. The first-order valence-electron chi connectivity index (χ1n) is 3.88. The largest absolute Gasteiger partial charge is 0.474 e. The fourth-order valence-corrected chi connectivity index (χ4v) is 2.68. The van der Waals surface area contributed by atoms with Gasteiger partial charge in [-0.25, -0.2) is 4.57 Å². The topological polar surface area (TPSA) is 65.0 Å². The number of phosphoric ester groups is 1. The molecule has 3 aliphatic heterocycles. The standard InChI is InChI=1S/C6H11O5P/c7-1-5-2-9-12(8)10-3-6(5)4-11-12/h5-7H,1-4H2. The van der Waals surface area contributed by atoms with Gasteiger partial charge in [0.15, 0.2) is 0 Å². The first-order chi connectivity index (χ1) is 5.73. The van der Waals surface area contributed by atoms with Crippen molar-refractivity contribution in [3.63, 3.8) is 0 Å². The SMILES string of the molecule is O=P12OCC(CO)C(CO1)CO2. The van der Waals surface area contributed by atoms with Gasteiger partial charge in [0.2, 0.25) is 0 Å². The second-order valence-corrected chi connectivity index (χ2v) is 4.71. The molecule has 12 heavy (non-hydrogen) atoms. The molecule has 3 heterocycles. The van der Waals surface area contributed by atoms with Crippen molar-refractivity contribution >= 4 is 7.82 Å². The zero-order chi connectivity index (χ0) is 8.60. The number of phosphoric acid groups is 1. The molecule has 1 atom stereocenters. The number of aliphatic hydroxyl groups is 1. The molecule has 0 aromatic heterocycles. The van der Waals surface area contributed by atoms with Gasteiger partial charge in [0.25, 0.3) is 0 Å². The average Bonchev–Trinajstić information content (AvgIpc) is 2.32. The van der Waals surface area contributed by atoms with Crippen LogP contribution in [0.3, 0.4) is 0 Å². The van der Waals surface area contributed by atoms with Crippen LogP contribution in [0, 0.1) is 11.8 Å². The van der Waals surface area contributed by atoms with E-state index in [0.29, 0.717) is 13.2 Å². The van der Waals surface area contributed by atoms with E-state index in [9.17, 15) is 4.57 Å². The molecular weight excluding hydrogens is 183 g/mol. The molecular formula is C6H11O5P. The molecule has 0 saturated carbocycles. The van der Waals surface area contributed by atoms with Crippen LogP contribution in [0.1, 0.15) is 0 Å². The lowest BCUT2D eigenvalue weighted by molar-refractivity contribution is 0.0561. The molecule has 3 rings (SSSR count). The molecule has 5 nitrogen and oxygen atoms in total. The van der Waals surface area contributed by atoms with Gasteiger partial charge >= 0.3 is 7.82 Å². The molecule has 3 saturated heterocycles. The van der Waals surface area contributed by atoms with E-state index >= 15 is 0 Å². The van der Waals surface area contributed by atoms with Gasteiger partial charge in [0, 0.05) is 18.4 Å². The Hall–Kier alpha value is 0.0700. The highest BCUT2D eigenvalue weighted by molar-refractivity contribution is 7.48. The van der Waals surface area contributed by atoms with E-state index in [4.69, 9.17) is 18.7 Å². The van der Waals surface area contributed by atoms with Crippen LogP contribution in [-0.4, -0.2) is 31.5 Å². The molecule has 2 bridgehead atoms. The third kappa shape index (κ3) is 1.43. The van der Waals surface area contributed by atoms with E-state index in [1.165, 1.54) is 0 Å². The maximum atomic E-state index is 11.4. The molecule has 3 fully saturated rings. The molecule has 3 aliphatic rings. The average molecular weight is 194 g/mol. The normalized spacial score (nSPS) is 47.4. The Bertz CT molecular complexity index is 206. The fraction of sp³-hybridized carbons (Fsp3) is 1.00. The predicted octanol–water partition coefficient (Wildman–Crippen LogP) is 0.396. The van der Waals surface area contributed by atoms with Gasteiger partial charge in [-0.1, -0.05) is 0 Å². The summed E-state index contributed by atoms with van der Waals surface area (Å²) in [7, 11) is -3.23. The zero-order valence-corrected chi connectivity index (χ0v) is 7.40. The first-order valence-corrected chi connectivity index (χ1v) is 5.34. The second-order valence-electron chi connectivity index (χ2n) is 3.04. The molecule has 70 valence electrons. The Morgan fingerprint density at radius 3 is 2.42 bits per heavy atom. The highest BCUT2D eigenvalue weighted by atomic mass is 31.2. The Morgan fingerprint density at radius 1 is 1.25 bits per heavy atom. The second kappa shape index (κ2) is 3.09. The van der Waals surface area contributed by atoms with Crippen molar-refractivity contribution < 1.29 is 23.2 Å². The molecule has 1 unspecified atom stereocenters. The Morgan fingerprint density at radius 2 is 1.83 bits per heavy atom. The zero-order valence-electron chi connectivity index (χ0n) is 6.51. The lowest BCUT2D eigenvalue weighted by Crippen LogP contribution is -2.28. The highest BCUT2D eigenvalue weighted by Gasteiger charge is 2.42. The van der Waals surface area contributed by atoms with Gasteiger partial charge in [-0.3, -0.25) is 13.6 Å². The summed E-state index contributed by atoms with van der Waals surface area (Å²) >= 11 is 0. The summed E-state index contributed by atoms with van der Waals surface area (Å²) in [5, 5.41) is 8.94. The van der Waals surface area contributed by atoms with Crippen molar-refractivity contribution in [1.82, 2.24) is 0 Å². The number of hydrogen-bond acceptors (Lipinski definition) is 5. The van der Waals surface area contributed by atoms with Gasteiger partial charge < -0.3 is 5.11 Å². The minimum Gasteiger partial charge on any atom is -0.396 e. The highest BCUT2D eigenvalue weighted by Crippen LogP contribution is 2.55. The van der Waals surface area contributed by atoms with Crippen LogP contribution >= 0.6 is 7.82 Å². The lowest BCUT2D eigenvalue weighted by Gasteiger charge is -2.24. The van der Waals surface area contributed by atoms with Crippen molar-refractivity contribution in [3.05, 3.63) is 0 Å². The summed E-state index contributed by atoms with van der Waals surface area (Å²) in [4.78, 5) is 0. The number of rotatable bonds is 1. The number of aliphatic hydroxyl groups excluding tert-OH is 1. The molecule has 0 aromatic carbocycles. The van der Waals surface area contributed by atoms with Gasteiger partial charge in [-0.15, -0.1) is 0 Å². The predicted molar refractivity (Wildman–Crippen MR) is 39.5 cm³/mol. The van der Waals surface area contributed by atoms with Crippen molar-refractivity contribution in [1.29, 1.82) is 0 Å². The minimum absolute atomic E-state index is 0.0108. The molecule has 0 aliphatic carbocycles. The van der Waals surface area contributed by atoms with E-state index in [2.05, 4.69) is 0 Å². The quantitative estimate of drug-likeness (QED) is 0.612. The number of fused-ring (bicyclic) bond motifs is 4. The van der Waals surface area contributed by atoms with Crippen molar-refractivity contribution in [2.45, 2.75) is 0 Å². The lowest BCUT2D eigenvalue weighted by atomic mass is 9.95. The van der Waals surface area contributed by atoms with Gasteiger partial charge in [0.1, 0.15) is 0 Å². The van der Waals surface area contributed by atoms with E-state index in [1.807, 2.05) is 0 Å². The van der Waals surface area contributed by atoms with Crippen LogP contribution in [0.4, 0.5) is 0 Å². The third-order valence-corrected chi connectivity index (χ3v) is 3.64. The summed E-state index contributed by atoms with van der Waals surface area (Å²) in [5.74, 6) is 0.0999. The molecule has 6 heteroatoms. The summed E-state index contributed by atoms with van der Waals surface area (Å²) < 4.78 is 26.2. The van der Waals surface area contributed by atoms with Crippen molar-refractivity contribution in [3.8, 4) is 0 Å². The third-order valence-electron chi connectivity index (χ3n) is 2.24. The first kappa shape index (κ1) is 8.66. The van der Waals surface area contributed by atoms with Gasteiger partial charge in [-0.2, -0.15) is 0 Å². The Labute approximate surface area is 70.2 Å². The summed E-state index contributed by atoms with van der Waals surface area (Å²) in [5.41, 5.74) is 0. The molecule has 0 aromatic rings. The minimum atomic E-state index is -3.23. The van der Waals surface area contributed by atoms with Gasteiger partial charge in [-0.05, 0) is 0 Å². The van der Waals surface area contributed by atoms with Crippen LogP contribution < -0.4 is 0 Å². The van der Waals surface area contributed by atoms with Crippen LogP contribution in [0.15, 0.2) is 0 Å². The Balaban J connectivity index is 2.15. The van der Waals surface area contributed by atoms with Crippen molar-refractivity contribution in [2.24, 2.45) is 11.8 Å². The van der Waals surface area contributed by atoms with E-state index in [-0.39, 0.29) is 25.0 Å². The molecule has 0 amide bonds. The summed E-state index contributed by atoms with van der Waals surface area (Å²) in [6.45, 7) is 1.01. The fourth-order valence-electron chi connectivity index (χ4n) is 1.33. The molecule has 0 spiro atoms. The summed E-state index contributed by atoms with van der Waals surface area (Å²) in [6, 6.07) is 0. The van der Waals surface area contributed by atoms with Crippen LogP contribution in [0.2, 0.25) is 0 Å². The van der Waals surface area contributed by atoms with Crippen LogP contribution in [0.5, 0.6) is 0 Å². The maximum absolute atomic E-state index is 11.4. The monoisotopic (exact) mass is 194 g/mol. The van der Waals surface area contributed by atoms with Crippen molar-refractivity contribution in [2.75, 3.05) is 26.4 Å². The van der Waals surface area contributed by atoms with Crippen LogP contribution in [0.25, 0.3) is 0 Å². The van der Waals surface area contributed by atoms with E-state index in [0.717, 1.165) is 0 Å². The molecule has 0 radical (unpaired) electrons. The van der Waals surface area contributed by atoms with E-state index in [1.54, 1.807) is 0 Å². The van der Waals surface area contributed by atoms with Crippen LogP contribution in [-0.2, 0) is 18.1 Å². The van der Waals surface area contributed by atoms with Gasteiger partial charge in [0.05, 0.1) is 19.8 Å². The maximum Gasteiger partial charge on any atom is 0.474 e. The Kier molecular flexibility index (Phi) is 2.23. The molecule has 1 N–H and O–H groups in total. The van der Waals surface area contributed by atoms with E-state index < -0.39 is 7.82 Å². The number of hydrogen-bond donors (Lipinski definition) is 1.